The molecule has 318 valence electrons. The number of carbonyl (C=O) groups is 2. The number of rotatable bonds is 34. The third-order valence-corrected chi connectivity index (χ3v) is 10.6. The summed E-state index contributed by atoms with van der Waals surface area (Å²) in [6, 6.07) is 4.60. The van der Waals surface area contributed by atoms with Gasteiger partial charge in [0.25, 0.3) is 0 Å². The first kappa shape index (κ1) is 48.7. The van der Waals surface area contributed by atoms with Crippen molar-refractivity contribution < 1.29 is 43.9 Å². The standard InChI is InChI=1S/C45H79NO9/c1-4-7-10-13-16-17-18-19-20-21-24-27-41(49)55-44-42(45(51)54-39(35-47)43(44)50)46-40(48)31-29-36-28-30-37(52-32-25-22-14-11-8-5-2)38(34-36)53-33-26-23-15-12-9-6-3/h28,30,34,39,42-45,47,50-51H,4-27,29,31-33,35H2,1-3H3,(H,46,48)/t39-,42-,43-,44-,45-/m1/s1. The molecule has 0 saturated carbocycles. The quantitative estimate of drug-likeness (QED) is 0.0398. The molecule has 10 heteroatoms. The van der Waals surface area contributed by atoms with Crippen molar-refractivity contribution in [1.82, 2.24) is 5.32 Å². The van der Waals surface area contributed by atoms with Crippen LogP contribution in [0.1, 0.15) is 187 Å². The maximum absolute atomic E-state index is 13.2. The Bertz CT molecular complexity index is 1120. The molecule has 0 radical (unpaired) electrons. The molecule has 5 atom stereocenters. The second-order valence-electron chi connectivity index (χ2n) is 15.6. The minimum atomic E-state index is -1.57. The predicted molar refractivity (Wildman–Crippen MR) is 219 cm³/mol. The summed E-state index contributed by atoms with van der Waals surface area (Å²) in [5.41, 5.74) is 0.899. The van der Waals surface area contributed by atoms with Crippen molar-refractivity contribution >= 4 is 11.9 Å². The van der Waals surface area contributed by atoms with E-state index in [-0.39, 0.29) is 12.8 Å². The number of aliphatic hydroxyl groups excluding tert-OH is 3. The van der Waals surface area contributed by atoms with Crippen LogP contribution < -0.4 is 14.8 Å². The smallest absolute Gasteiger partial charge is 0.306 e. The monoisotopic (exact) mass is 778 g/mol. The molecular formula is C45H79NO9. The SMILES string of the molecule is CCCCCCCCCCCCCC(=O)O[C@H]1[C@H](O)[C@@H](CO)O[C@@H](O)[C@@H]1NC(=O)CCc1ccc(OCCCCCCCC)c(OCCCCCCCC)c1. The summed E-state index contributed by atoms with van der Waals surface area (Å²) >= 11 is 0. The van der Waals surface area contributed by atoms with Gasteiger partial charge in [0.2, 0.25) is 5.91 Å². The van der Waals surface area contributed by atoms with E-state index in [4.69, 9.17) is 18.9 Å². The van der Waals surface area contributed by atoms with Crippen molar-refractivity contribution in [2.45, 2.75) is 218 Å². The topological polar surface area (TPSA) is 144 Å². The zero-order valence-corrected chi connectivity index (χ0v) is 34.9. The van der Waals surface area contributed by atoms with Gasteiger partial charge in [-0.1, -0.05) is 155 Å². The van der Waals surface area contributed by atoms with Crippen molar-refractivity contribution in [1.29, 1.82) is 0 Å². The number of carbonyl (C=O) groups excluding carboxylic acids is 2. The van der Waals surface area contributed by atoms with Gasteiger partial charge in [-0.25, -0.2) is 0 Å². The van der Waals surface area contributed by atoms with E-state index >= 15 is 0 Å². The van der Waals surface area contributed by atoms with Crippen molar-refractivity contribution in [3.8, 4) is 11.5 Å². The van der Waals surface area contributed by atoms with E-state index in [1.165, 1.54) is 96.3 Å². The van der Waals surface area contributed by atoms with Crippen LogP contribution in [0.25, 0.3) is 0 Å². The minimum Gasteiger partial charge on any atom is -0.490 e. The summed E-state index contributed by atoms with van der Waals surface area (Å²) in [4.78, 5) is 26.1. The van der Waals surface area contributed by atoms with Gasteiger partial charge in [0.15, 0.2) is 23.9 Å². The molecular weight excluding hydrogens is 698 g/mol. The summed E-state index contributed by atoms with van der Waals surface area (Å²) in [5, 5.41) is 34.2. The summed E-state index contributed by atoms with van der Waals surface area (Å²) in [5.74, 6) is 0.473. The van der Waals surface area contributed by atoms with Gasteiger partial charge < -0.3 is 39.6 Å². The highest BCUT2D eigenvalue weighted by Gasteiger charge is 2.47. The lowest BCUT2D eigenvalue weighted by molar-refractivity contribution is -0.258. The molecule has 0 bridgehead atoms. The molecule has 55 heavy (non-hydrogen) atoms. The summed E-state index contributed by atoms with van der Waals surface area (Å²) in [6.07, 6.45) is 22.0. The first-order chi connectivity index (χ1) is 26.8. The highest BCUT2D eigenvalue weighted by molar-refractivity contribution is 5.77. The van der Waals surface area contributed by atoms with Gasteiger partial charge in [0, 0.05) is 12.8 Å². The molecule has 0 unspecified atom stereocenters. The van der Waals surface area contributed by atoms with E-state index in [1.807, 2.05) is 18.2 Å². The van der Waals surface area contributed by atoms with Gasteiger partial charge in [-0.2, -0.15) is 0 Å². The predicted octanol–water partition coefficient (Wildman–Crippen LogP) is 9.27. The number of hydrogen-bond acceptors (Lipinski definition) is 9. The largest absolute Gasteiger partial charge is 0.490 e. The van der Waals surface area contributed by atoms with Crippen LogP contribution in [0.15, 0.2) is 18.2 Å². The number of aryl methyl sites for hydroxylation is 1. The molecule has 0 aromatic heterocycles. The number of unbranched alkanes of at least 4 members (excludes halogenated alkanes) is 20. The number of benzene rings is 1. The van der Waals surface area contributed by atoms with E-state index in [0.29, 0.717) is 37.6 Å². The van der Waals surface area contributed by atoms with Gasteiger partial charge in [0.1, 0.15) is 18.2 Å². The van der Waals surface area contributed by atoms with Crippen LogP contribution in [0.3, 0.4) is 0 Å². The van der Waals surface area contributed by atoms with Crippen LogP contribution >= 0.6 is 0 Å². The molecule has 1 heterocycles. The molecule has 0 aliphatic carbocycles. The third kappa shape index (κ3) is 21.6. The fraction of sp³-hybridized carbons (Fsp3) is 0.822. The second kappa shape index (κ2) is 31.7. The normalized spacial score (nSPS) is 19.6. The lowest BCUT2D eigenvalue weighted by Gasteiger charge is -2.42. The Morgan fingerprint density at radius 3 is 1.67 bits per heavy atom. The first-order valence-electron chi connectivity index (χ1n) is 22.3. The van der Waals surface area contributed by atoms with Crippen molar-refractivity contribution in [3.05, 3.63) is 23.8 Å². The fourth-order valence-electron chi connectivity index (χ4n) is 7.11. The van der Waals surface area contributed by atoms with Crippen LogP contribution in [-0.2, 0) is 25.5 Å². The van der Waals surface area contributed by atoms with Crippen LogP contribution in [0.2, 0.25) is 0 Å². The highest BCUT2D eigenvalue weighted by Crippen LogP contribution is 2.30. The molecule has 2 rings (SSSR count). The number of esters is 1. The fourth-order valence-corrected chi connectivity index (χ4v) is 7.11. The minimum absolute atomic E-state index is 0.0803. The Morgan fingerprint density at radius 2 is 1.15 bits per heavy atom. The molecule has 0 spiro atoms. The molecule has 1 aromatic rings. The number of hydrogen-bond donors (Lipinski definition) is 4. The molecule has 1 aromatic carbocycles. The number of aliphatic hydroxyl groups is 3. The van der Waals surface area contributed by atoms with Crippen molar-refractivity contribution in [2.24, 2.45) is 0 Å². The molecule has 1 aliphatic rings. The van der Waals surface area contributed by atoms with Crippen LogP contribution in [0.5, 0.6) is 11.5 Å². The zero-order valence-electron chi connectivity index (χ0n) is 34.9. The van der Waals surface area contributed by atoms with Gasteiger partial charge in [0.05, 0.1) is 19.8 Å². The molecule has 1 fully saturated rings. The van der Waals surface area contributed by atoms with Gasteiger partial charge >= 0.3 is 5.97 Å². The lowest BCUT2D eigenvalue weighted by Crippen LogP contribution is -2.65. The lowest BCUT2D eigenvalue weighted by atomic mass is 9.96. The Kier molecular flexibility index (Phi) is 28.1. The molecule has 10 nitrogen and oxygen atoms in total. The van der Waals surface area contributed by atoms with Gasteiger partial charge in [-0.15, -0.1) is 0 Å². The van der Waals surface area contributed by atoms with E-state index in [0.717, 1.165) is 50.5 Å². The van der Waals surface area contributed by atoms with E-state index in [9.17, 15) is 24.9 Å². The number of amides is 1. The Hall–Kier alpha value is -2.40. The number of ether oxygens (including phenoxy) is 4. The Labute approximate surface area is 333 Å². The van der Waals surface area contributed by atoms with E-state index in [2.05, 4.69) is 26.1 Å². The Morgan fingerprint density at radius 1 is 0.655 bits per heavy atom. The van der Waals surface area contributed by atoms with Gasteiger partial charge in [-0.05, 0) is 43.4 Å². The van der Waals surface area contributed by atoms with Crippen LogP contribution in [-0.4, -0.2) is 77.7 Å². The Balaban J connectivity index is 1.91. The van der Waals surface area contributed by atoms with Crippen molar-refractivity contribution in [3.63, 3.8) is 0 Å². The number of nitrogens with one attached hydrogen (secondary N) is 1. The van der Waals surface area contributed by atoms with Crippen LogP contribution in [0.4, 0.5) is 0 Å². The van der Waals surface area contributed by atoms with E-state index < -0.39 is 49.1 Å². The maximum atomic E-state index is 13.2. The van der Waals surface area contributed by atoms with Gasteiger partial charge in [-0.3, -0.25) is 9.59 Å². The summed E-state index contributed by atoms with van der Waals surface area (Å²) < 4.78 is 23.4. The molecule has 1 saturated heterocycles. The van der Waals surface area contributed by atoms with E-state index in [1.54, 1.807) is 0 Å². The second-order valence-corrected chi connectivity index (χ2v) is 15.6. The molecule has 4 N–H and O–H groups in total. The average molecular weight is 778 g/mol. The maximum Gasteiger partial charge on any atom is 0.306 e. The molecule has 1 amide bonds. The zero-order chi connectivity index (χ0) is 39.9. The van der Waals surface area contributed by atoms with Crippen molar-refractivity contribution in [2.75, 3.05) is 19.8 Å². The first-order valence-corrected chi connectivity index (χ1v) is 22.3. The molecule has 1 aliphatic heterocycles. The average Bonchev–Trinajstić information content (AvgIpc) is 3.18. The van der Waals surface area contributed by atoms with Crippen LogP contribution in [0, 0.1) is 0 Å². The third-order valence-electron chi connectivity index (χ3n) is 10.6. The summed E-state index contributed by atoms with van der Waals surface area (Å²) in [6.45, 7) is 7.31. The summed E-state index contributed by atoms with van der Waals surface area (Å²) in [7, 11) is 0. The highest BCUT2D eigenvalue weighted by atomic mass is 16.6.